The third-order valence-electron chi connectivity index (χ3n) is 2.54. The summed E-state index contributed by atoms with van der Waals surface area (Å²) in [6.45, 7) is 4.54. The number of rotatable bonds is 6. The Balaban J connectivity index is 2.50. The Morgan fingerprint density at radius 3 is 2.75 bits per heavy atom. The molecule has 0 aliphatic heterocycles. The fourth-order valence-electron chi connectivity index (χ4n) is 1.49. The van der Waals surface area contributed by atoms with Gasteiger partial charge in [-0.05, 0) is 25.0 Å². The van der Waals surface area contributed by atoms with Gasteiger partial charge in [0.2, 0.25) is 0 Å². The molecule has 90 valence electrons. The number of halogens is 2. The van der Waals surface area contributed by atoms with E-state index in [0.29, 0.717) is 23.8 Å². The van der Waals surface area contributed by atoms with Crippen LogP contribution in [0.15, 0.2) is 18.2 Å². The Morgan fingerprint density at radius 1 is 1.44 bits per heavy atom. The molecular formula is C13H18BrFO. The summed E-state index contributed by atoms with van der Waals surface area (Å²) in [5.41, 5.74) is 0.651. The Bertz CT molecular complexity index is 328. The van der Waals surface area contributed by atoms with Gasteiger partial charge in [-0.2, -0.15) is 0 Å². The van der Waals surface area contributed by atoms with Crippen molar-refractivity contribution < 1.29 is 9.13 Å². The first-order valence-corrected chi connectivity index (χ1v) is 6.74. The van der Waals surface area contributed by atoms with Gasteiger partial charge in [-0.3, -0.25) is 0 Å². The van der Waals surface area contributed by atoms with E-state index in [0.717, 1.165) is 18.2 Å². The first-order valence-electron chi connectivity index (χ1n) is 5.62. The molecule has 1 nitrogen and oxygen atoms in total. The third kappa shape index (κ3) is 4.12. The number of ether oxygens (including phenoxy) is 1. The molecule has 0 amide bonds. The lowest BCUT2D eigenvalue weighted by atomic mass is 10.1. The molecule has 0 aliphatic rings. The first kappa shape index (κ1) is 13.5. The normalized spacial score (nSPS) is 12.5. The number of benzene rings is 1. The minimum absolute atomic E-state index is 0.205. The highest BCUT2D eigenvalue weighted by atomic mass is 79.9. The van der Waals surface area contributed by atoms with Crippen molar-refractivity contribution in [3.05, 3.63) is 29.6 Å². The zero-order valence-electron chi connectivity index (χ0n) is 9.80. The second-order valence-corrected chi connectivity index (χ2v) is 4.68. The van der Waals surface area contributed by atoms with Gasteiger partial charge in [-0.15, -0.1) is 0 Å². The van der Waals surface area contributed by atoms with E-state index in [1.54, 1.807) is 13.0 Å². The molecular weight excluding hydrogens is 271 g/mol. The summed E-state index contributed by atoms with van der Waals surface area (Å²) >= 11 is 3.46. The molecule has 0 saturated carbocycles. The van der Waals surface area contributed by atoms with Crippen molar-refractivity contribution >= 4 is 15.9 Å². The van der Waals surface area contributed by atoms with E-state index in [-0.39, 0.29) is 5.82 Å². The molecule has 0 spiro atoms. The van der Waals surface area contributed by atoms with Gasteiger partial charge in [-0.25, -0.2) is 4.39 Å². The van der Waals surface area contributed by atoms with Crippen molar-refractivity contribution in [1.82, 2.24) is 0 Å². The van der Waals surface area contributed by atoms with Crippen molar-refractivity contribution in [1.29, 1.82) is 0 Å². The standard InChI is InChI=1S/C13H18BrFO/c1-3-4-11(8-14)9-16-12-6-5-10(2)13(15)7-12/h5-7,11H,3-4,8-9H2,1-2H3. The van der Waals surface area contributed by atoms with E-state index in [1.165, 1.54) is 6.07 Å². The van der Waals surface area contributed by atoms with Crippen molar-refractivity contribution in [2.45, 2.75) is 26.7 Å². The Labute approximate surface area is 105 Å². The highest BCUT2D eigenvalue weighted by Gasteiger charge is 2.07. The van der Waals surface area contributed by atoms with Crippen LogP contribution in [-0.4, -0.2) is 11.9 Å². The van der Waals surface area contributed by atoms with Gasteiger partial charge in [0.1, 0.15) is 11.6 Å². The number of hydrogen-bond acceptors (Lipinski definition) is 1. The lowest BCUT2D eigenvalue weighted by Gasteiger charge is -2.14. The molecule has 0 radical (unpaired) electrons. The molecule has 3 heteroatoms. The second-order valence-electron chi connectivity index (χ2n) is 4.03. The summed E-state index contributed by atoms with van der Waals surface area (Å²) in [6, 6.07) is 5.01. The van der Waals surface area contributed by atoms with Crippen molar-refractivity contribution in [2.24, 2.45) is 5.92 Å². The molecule has 1 unspecified atom stereocenters. The molecule has 1 rings (SSSR count). The highest BCUT2D eigenvalue weighted by Crippen LogP contribution is 2.18. The van der Waals surface area contributed by atoms with E-state index in [1.807, 2.05) is 6.07 Å². The van der Waals surface area contributed by atoms with Crippen molar-refractivity contribution in [3.63, 3.8) is 0 Å². The van der Waals surface area contributed by atoms with E-state index >= 15 is 0 Å². The van der Waals surface area contributed by atoms with Crippen LogP contribution in [0, 0.1) is 18.7 Å². The maximum absolute atomic E-state index is 13.2. The predicted molar refractivity (Wildman–Crippen MR) is 68.8 cm³/mol. The molecule has 0 aliphatic carbocycles. The number of alkyl halides is 1. The van der Waals surface area contributed by atoms with Crippen LogP contribution in [0.5, 0.6) is 5.75 Å². The fourth-order valence-corrected chi connectivity index (χ4v) is 2.00. The molecule has 1 atom stereocenters. The predicted octanol–water partition coefficient (Wildman–Crippen LogP) is 4.32. The minimum atomic E-state index is -0.205. The van der Waals surface area contributed by atoms with Crippen LogP contribution in [0.25, 0.3) is 0 Å². The zero-order valence-corrected chi connectivity index (χ0v) is 11.4. The maximum atomic E-state index is 13.2. The van der Waals surface area contributed by atoms with Crippen LogP contribution in [0.2, 0.25) is 0 Å². The molecule has 0 N–H and O–H groups in total. The van der Waals surface area contributed by atoms with E-state index < -0.39 is 0 Å². The quantitative estimate of drug-likeness (QED) is 0.708. The zero-order chi connectivity index (χ0) is 12.0. The molecule has 0 bridgehead atoms. The van der Waals surface area contributed by atoms with Crippen LogP contribution in [-0.2, 0) is 0 Å². The van der Waals surface area contributed by atoms with Gasteiger partial charge in [0.15, 0.2) is 0 Å². The Hall–Kier alpha value is -0.570. The summed E-state index contributed by atoms with van der Waals surface area (Å²) in [4.78, 5) is 0. The third-order valence-corrected chi connectivity index (χ3v) is 3.46. The fraction of sp³-hybridized carbons (Fsp3) is 0.538. The summed E-state index contributed by atoms with van der Waals surface area (Å²) in [5.74, 6) is 0.905. The maximum Gasteiger partial charge on any atom is 0.129 e. The number of hydrogen-bond donors (Lipinski definition) is 0. The summed E-state index contributed by atoms with van der Waals surface area (Å²) < 4.78 is 18.8. The average Bonchev–Trinajstić information content (AvgIpc) is 2.28. The van der Waals surface area contributed by atoms with Crippen molar-refractivity contribution in [2.75, 3.05) is 11.9 Å². The lowest BCUT2D eigenvalue weighted by Crippen LogP contribution is -2.13. The summed E-state index contributed by atoms with van der Waals surface area (Å²) in [5, 5.41) is 0.926. The molecule has 0 aromatic heterocycles. The van der Waals surface area contributed by atoms with E-state index in [4.69, 9.17) is 4.74 Å². The van der Waals surface area contributed by atoms with Gasteiger partial charge in [0.05, 0.1) is 6.61 Å². The van der Waals surface area contributed by atoms with E-state index in [9.17, 15) is 4.39 Å². The number of aryl methyl sites for hydroxylation is 1. The topological polar surface area (TPSA) is 9.23 Å². The van der Waals surface area contributed by atoms with Crippen LogP contribution in [0.1, 0.15) is 25.3 Å². The van der Waals surface area contributed by atoms with Crippen LogP contribution in [0.4, 0.5) is 4.39 Å². The lowest BCUT2D eigenvalue weighted by molar-refractivity contribution is 0.254. The Kier molecular flexibility index (Phi) is 5.81. The van der Waals surface area contributed by atoms with Gasteiger partial charge >= 0.3 is 0 Å². The van der Waals surface area contributed by atoms with Gasteiger partial charge in [-0.1, -0.05) is 35.3 Å². The molecule has 1 aromatic carbocycles. The summed E-state index contributed by atoms with van der Waals surface area (Å²) in [6.07, 6.45) is 2.27. The molecule has 0 heterocycles. The molecule has 1 aromatic rings. The van der Waals surface area contributed by atoms with Crippen LogP contribution < -0.4 is 4.74 Å². The summed E-state index contributed by atoms with van der Waals surface area (Å²) in [7, 11) is 0. The smallest absolute Gasteiger partial charge is 0.129 e. The monoisotopic (exact) mass is 288 g/mol. The SMILES string of the molecule is CCCC(CBr)COc1ccc(C)c(F)c1. The Morgan fingerprint density at radius 2 is 2.19 bits per heavy atom. The average molecular weight is 289 g/mol. The minimum Gasteiger partial charge on any atom is -0.493 e. The van der Waals surface area contributed by atoms with Gasteiger partial charge < -0.3 is 4.74 Å². The highest BCUT2D eigenvalue weighted by molar-refractivity contribution is 9.09. The molecule has 16 heavy (non-hydrogen) atoms. The van der Waals surface area contributed by atoms with Crippen LogP contribution >= 0.6 is 15.9 Å². The van der Waals surface area contributed by atoms with Crippen molar-refractivity contribution in [3.8, 4) is 5.75 Å². The largest absolute Gasteiger partial charge is 0.493 e. The van der Waals surface area contributed by atoms with E-state index in [2.05, 4.69) is 22.9 Å². The van der Waals surface area contributed by atoms with Crippen LogP contribution in [0.3, 0.4) is 0 Å². The first-order chi connectivity index (χ1) is 7.67. The second kappa shape index (κ2) is 6.89. The van der Waals surface area contributed by atoms with Gasteiger partial charge in [0, 0.05) is 17.3 Å². The molecule has 0 saturated heterocycles. The van der Waals surface area contributed by atoms with Gasteiger partial charge in [0.25, 0.3) is 0 Å². The molecule has 0 fully saturated rings.